The van der Waals surface area contributed by atoms with Gasteiger partial charge in [0.15, 0.2) is 0 Å². The molecule has 0 radical (unpaired) electrons. The van der Waals surface area contributed by atoms with Gasteiger partial charge in [0.2, 0.25) is 10.0 Å². The number of nitrogens with zero attached hydrogens (tertiary/aromatic N) is 2. The SMILES string of the molecule is CC1(NS(=O)(=O)c2cc(N3CCC4(CC3)CSC4)c3ccc(N)nc3c2)CC1. The van der Waals surface area contributed by atoms with Crippen molar-refractivity contribution in [1.29, 1.82) is 0 Å². The number of anilines is 2. The zero-order chi connectivity index (χ0) is 19.6. The normalized spacial score (nSPS) is 23.0. The second-order valence-electron chi connectivity index (χ2n) is 8.89. The molecule has 2 aromatic rings. The molecule has 1 spiro atoms. The zero-order valence-electron chi connectivity index (χ0n) is 16.1. The molecule has 3 fully saturated rings. The van der Waals surface area contributed by atoms with Crippen molar-refractivity contribution in [2.75, 3.05) is 35.2 Å². The second kappa shape index (κ2) is 6.24. The second-order valence-corrected chi connectivity index (χ2v) is 11.6. The maximum absolute atomic E-state index is 13.0. The van der Waals surface area contributed by atoms with Gasteiger partial charge in [-0.2, -0.15) is 11.8 Å². The number of piperidine rings is 1. The van der Waals surface area contributed by atoms with Crippen LogP contribution in [0.5, 0.6) is 0 Å². The summed E-state index contributed by atoms with van der Waals surface area (Å²) >= 11 is 2.03. The highest BCUT2D eigenvalue weighted by atomic mass is 32.2. The van der Waals surface area contributed by atoms with Crippen molar-refractivity contribution in [3.05, 3.63) is 24.3 Å². The number of hydrogen-bond acceptors (Lipinski definition) is 6. The summed E-state index contributed by atoms with van der Waals surface area (Å²) in [5.74, 6) is 2.92. The highest BCUT2D eigenvalue weighted by Gasteiger charge is 2.42. The van der Waals surface area contributed by atoms with Crippen molar-refractivity contribution >= 4 is 44.2 Å². The summed E-state index contributed by atoms with van der Waals surface area (Å²) in [6, 6.07) is 7.22. The van der Waals surface area contributed by atoms with Gasteiger partial charge in [0, 0.05) is 29.7 Å². The van der Waals surface area contributed by atoms with Crippen LogP contribution in [0.4, 0.5) is 11.5 Å². The first kappa shape index (κ1) is 18.5. The molecule has 6 nitrogen and oxygen atoms in total. The van der Waals surface area contributed by atoms with E-state index in [4.69, 9.17) is 5.73 Å². The van der Waals surface area contributed by atoms with E-state index in [2.05, 4.69) is 14.6 Å². The fraction of sp³-hybridized carbons (Fsp3) is 0.550. The number of nitrogen functional groups attached to an aromatic ring is 1. The van der Waals surface area contributed by atoms with Crippen LogP contribution in [0.2, 0.25) is 0 Å². The lowest BCUT2D eigenvalue weighted by Crippen LogP contribution is -2.47. The van der Waals surface area contributed by atoms with Crippen LogP contribution in [0.25, 0.3) is 10.9 Å². The van der Waals surface area contributed by atoms with Crippen LogP contribution in [0.15, 0.2) is 29.2 Å². The Morgan fingerprint density at radius 1 is 1.14 bits per heavy atom. The molecule has 2 aliphatic heterocycles. The van der Waals surface area contributed by atoms with E-state index in [1.165, 1.54) is 11.5 Å². The molecular weight excluding hydrogens is 392 g/mol. The Bertz CT molecular complexity index is 1040. The molecule has 2 saturated heterocycles. The molecular formula is C20H26N4O2S2. The fourth-order valence-corrected chi connectivity index (χ4v) is 7.06. The number of aromatic nitrogens is 1. The summed E-state index contributed by atoms with van der Waals surface area (Å²) in [4.78, 5) is 7.03. The first-order valence-corrected chi connectivity index (χ1v) is 12.5. The van der Waals surface area contributed by atoms with Gasteiger partial charge in [0.05, 0.1) is 10.4 Å². The predicted octanol–water partition coefficient (Wildman–Crippen LogP) is 2.98. The van der Waals surface area contributed by atoms with Crippen LogP contribution in [0.1, 0.15) is 32.6 Å². The molecule has 3 heterocycles. The van der Waals surface area contributed by atoms with Crippen LogP contribution in [0.3, 0.4) is 0 Å². The maximum atomic E-state index is 13.0. The molecule has 0 amide bonds. The topological polar surface area (TPSA) is 88.3 Å². The smallest absolute Gasteiger partial charge is 0.241 e. The Labute approximate surface area is 170 Å². The number of fused-ring (bicyclic) bond motifs is 1. The van der Waals surface area contributed by atoms with Gasteiger partial charge in [0.25, 0.3) is 0 Å². The van der Waals surface area contributed by atoms with E-state index in [0.717, 1.165) is 49.8 Å². The van der Waals surface area contributed by atoms with Gasteiger partial charge in [-0.15, -0.1) is 0 Å². The molecule has 0 bridgehead atoms. The van der Waals surface area contributed by atoms with Crippen molar-refractivity contribution in [3.63, 3.8) is 0 Å². The first-order valence-electron chi connectivity index (χ1n) is 9.85. The van der Waals surface area contributed by atoms with E-state index in [1.807, 2.05) is 30.8 Å². The van der Waals surface area contributed by atoms with Gasteiger partial charge in [-0.05, 0) is 73.8 Å². The monoisotopic (exact) mass is 418 g/mol. The van der Waals surface area contributed by atoms with Crippen molar-refractivity contribution < 1.29 is 8.42 Å². The molecule has 150 valence electrons. The molecule has 8 heteroatoms. The van der Waals surface area contributed by atoms with E-state index < -0.39 is 10.0 Å². The number of sulfonamides is 1. The molecule has 0 atom stereocenters. The minimum absolute atomic E-state index is 0.278. The van der Waals surface area contributed by atoms with E-state index >= 15 is 0 Å². The average molecular weight is 419 g/mol. The van der Waals surface area contributed by atoms with Crippen LogP contribution in [0, 0.1) is 5.41 Å². The molecule has 28 heavy (non-hydrogen) atoms. The lowest BCUT2D eigenvalue weighted by molar-refractivity contribution is 0.276. The number of thioether (sulfide) groups is 1. The lowest BCUT2D eigenvalue weighted by Gasteiger charge is -2.48. The van der Waals surface area contributed by atoms with E-state index in [0.29, 0.717) is 16.7 Å². The maximum Gasteiger partial charge on any atom is 0.241 e. The quantitative estimate of drug-likeness (QED) is 0.794. The third kappa shape index (κ3) is 3.25. The van der Waals surface area contributed by atoms with Gasteiger partial charge in [-0.1, -0.05) is 0 Å². The molecule has 1 saturated carbocycles. The summed E-state index contributed by atoms with van der Waals surface area (Å²) in [6.07, 6.45) is 4.09. The highest BCUT2D eigenvalue weighted by molar-refractivity contribution is 8.00. The number of rotatable bonds is 4. The van der Waals surface area contributed by atoms with Crippen molar-refractivity contribution in [2.45, 2.75) is 43.0 Å². The van der Waals surface area contributed by atoms with E-state index in [1.54, 1.807) is 12.1 Å². The van der Waals surface area contributed by atoms with Crippen molar-refractivity contribution in [1.82, 2.24) is 9.71 Å². The summed E-state index contributed by atoms with van der Waals surface area (Å²) in [7, 11) is -3.60. The highest BCUT2D eigenvalue weighted by Crippen LogP contribution is 2.47. The summed E-state index contributed by atoms with van der Waals surface area (Å²) in [5.41, 5.74) is 7.68. The fourth-order valence-electron chi connectivity index (χ4n) is 4.20. The Morgan fingerprint density at radius 2 is 1.86 bits per heavy atom. The Morgan fingerprint density at radius 3 is 2.46 bits per heavy atom. The predicted molar refractivity (Wildman–Crippen MR) is 115 cm³/mol. The third-order valence-electron chi connectivity index (χ3n) is 6.45. The standard InChI is InChI=1S/C20H26N4O2S2/c1-19(4-5-19)23-28(25,26)14-10-16-15(2-3-18(21)22-16)17(11-14)24-8-6-20(7-9-24)12-27-13-20/h2-3,10-11,23H,4-9,12-13H2,1H3,(H2,21,22). The molecule has 5 rings (SSSR count). The van der Waals surface area contributed by atoms with Crippen LogP contribution < -0.4 is 15.4 Å². The number of pyridine rings is 1. The summed E-state index contributed by atoms with van der Waals surface area (Å²) < 4.78 is 28.9. The van der Waals surface area contributed by atoms with Crippen molar-refractivity contribution in [3.8, 4) is 0 Å². The Balaban J connectivity index is 1.55. The molecule has 1 aliphatic carbocycles. The van der Waals surface area contributed by atoms with Crippen LogP contribution in [-0.4, -0.2) is 43.5 Å². The van der Waals surface area contributed by atoms with Crippen molar-refractivity contribution in [2.24, 2.45) is 5.41 Å². The van der Waals surface area contributed by atoms with Gasteiger partial charge in [0.1, 0.15) is 5.82 Å². The minimum Gasteiger partial charge on any atom is -0.384 e. The first-order chi connectivity index (χ1) is 13.3. The molecule has 1 aromatic heterocycles. The van der Waals surface area contributed by atoms with Crippen LogP contribution >= 0.6 is 11.8 Å². The Hall–Kier alpha value is -1.51. The van der Waals surface area contributed by atoms with E-state index in [-0.39, 0.29) is 10.4 Å². The average Bonchev–Trinajstić information content (AvgIpc) is 3.35. The largest absolute Gasteiger partial charge is 0.384 e. The molecule has 3 aliphatic rings. The third-order valence-corrected chi connectivity index (χ3v) is 9.70. The van der Waals surface area contributed by atoms with Gasteiger partial charge < -0.3 is 10.6 Å². The number of nitrogens with two attached hydrogens (primary N) is 1. The summed E-state index contributed by atoms with van der Waals surface area (Å²) in [5, 5.41) is 0.963. The van der Waals surface area contributed by atoms with Crippen LogP contribution in [-0.2, 0) is 10.0 Å². The number of hydrogen-bond donors (Lipinski definition) is 2. The Kier molecular flexibility index (Phi) is 4.13. The zero-order valence-corrected chi connectivity index (χ0v) is 17.7. The van der Waals surface area contributed by atoms with Gasteiger partial charge in [-0.25, -0.2) is 18.1 Å². The lowest BCUT2D eigenvalue weighted by atomic mass is 9.81. The molecule has 3 N–H and O–H groups in total. The summed E-state index contributed by atoms with van der Waals surface area (Å²) in [6.45, 7) is 3.85. The van der Waals surface area contributed by atoms with Gasteiger partial charge >= 0.3 is 0 Å². The minimum atomic E-state index is -3.60. The van der Waals surface area contributed by atoms with E-state index in [9.17, 15) is 8.42 Å². The number of benzene rings is 1. The number of nitrogens with one attached hydrogen (secondary N) is 1. The molecule has 1 aromatic carbocycles. The molecule has 0 unspecified atom stereocenters. The van der Waals surface area contributed by atoms with Gasteiger partial charge in [-0.3, -0.25) is 0 Å².